The zero-order chi connectivity index (χ0) is 21.0. The molecule has 3 aromatic rings. The molecular weight excluding hydrogens is 412 g/mol. The molecule has 0 aliphatic heterocycles. The second-order valence-electron chi connectivity index (χ2n) is 6.18. The van der Waals surface area contributed by atoms with Crippen LogP contribution < -0.4 is 10.9 Å². The quantitative estimate of drug-likeness (QED) is 0.310. The van der Waals surface area contributed by atoms with Gasteiger partial charge in [0, 0.05) is 25.9 Å². The van der Waals surface area contributed by atoms with Gasteiger partial charge in [-0.1, -0.05) is 30.0 Å². The van der Waals surface area contributed by atoms with Crippen LogP contribution in [0, 0.1) is 0 Å². The Kier molecular flexibility index (Phi) is 6.91. The van der Waals surface area contributed by atoms with Gasteiger partial charge in [0.05, 0.1) is 18.5 Å². The van der Waals surface area contributed by atoms with Crippen LogP contribution in [0.5, 0.6) is 0 Å². The predicted molar refractivity (Wildman–Crippen MR) is 115 cm³/mol. The molecule has 0 unspecified atom stereocenters. The van der Waals surface area contributed by atoms with Gasteiger partial charge in [0.2, 0.25) is 0 Å². The maximum atomic E-state index is 12.8. The Balaban J connectivity index is 1.91. The van der Waals surface area contributed by atoms with Crippen molar-refractivity contribution in [2.24, 2.45) is 7.05 Å². The average Bonchev–Trinajstić information content (AvgIpc) is 3.28. The minimum atomic E-state index is -0.381. The first kappa shape index (κ1) is 21.3. The molecule has 0 bridgehead atoms. The molecule has 0 aliphatic carbocycles. The van der Waals surface area contributed by atoms with Crippen LogP contribution in [0.3, 0.4) is 0 Å². The van der Waals surface area contributed by atoms with Crippen LogP contribution in [-0.2, 0) is 24.1 Å². The summed E-state index contributed by atoms with van der Waals surface area (Å²) in [6, 6.07) is 0. The van der Waals surface area contributed by atoms with E-state index in [1.165, 1.54) is 27.8 Å². The zero-order valence-electron chi connectivity index (χ0n) is 16.9. The molecule has 1 N–H and O–H groups in total. The Morgan fingerprint density at radius 1 is 1.31 bits per heavy atom. The summed E-state index contributed by atoms with van der Waals surface area (Å²) in [4.78, 5) is 34.8. The van der Waals surface area contributed by atoms with E-state index in [1.54, 1.807) is 24.7 Å². The van der Waals surface area contributed by atoms with Crippen molar-refractivity contribution < 1.29 is 9.53 Å². The van der Waals surface area contributed by atoms with Gasteiger partial charge < -0.3 is 10.1 Å². The van der Waals surface area contributed by atoms with Crippen molar-refractivity contribution in [3.8, 4) is 0 Å². The summed E-state index contributed by atoms with van der Waals surface area (Å²) in [5.41, 5.74) is 1.52. The SMILES string of the molecule is CCCNc1nc(CSc2nc3cnn(C)c3c(=O)n2CC)c(C(=O)OCC)s1. The van der Waals surface area contributed by atoms with Gasteiger partial charge in [0.25, 0.3) is 5.56 Å². The van der Waals surface area contributed by atoms with E-state index in [-0.39, 0.29) is 11.5 Å². The lowest BCUT2D eigenvalue weighted by Crippen LogP contribution is -2.23. The van der Waals surface area contributed by atoms with Crippen LogP contribution >= 0.6 is 23.1 Å². The lowest BCUT2D eigenvalue weighted by molar-refractivity contribution is 0.0531. The number of ether oxygens (including phenoxy) is 1. The van der Waals surface area contributed by atoms with Gasteiger partial charge in [-0.2, -0.15) is 5.10 Å². The number of aryl methyl sites for hydroxylation is 1. The number of hydrogen-bond acceptors (Lipinski definition) is 9. The molecule has 3 heterocycles. The minimum Gasteiger partial charge on any atom is -0.462 e. The predicted octanol–water partition coefficient (Wildman–Crippen LogP) is 2.90. The Hall–Kier alpha value is -2.40. The van der Waals surface area contributed by atoms with Crippen molar-refractivity contribution in [3.05, 3.63) is 27.1 Å². The van der Waals surface area contributed by atoms with Crippen molar-refractivity contribution in [1.29, 1.82) is 0 Å². The second kappa shape index (κ2) is 9.40. The van der Waals surface area contributed by atoms with Crippen LogP contribution in [0.15, 0.2) is 16.1 Å². The number of anilines is 1. The van der Waals surface area contributed by atoms with Crippen molar-refractivity contribution in [3.63, 3.8) is 0 Å². The van der Waals surface area contributed by atoms with Crippen LogP contribution in [0.1, 0.15) is 42.6 Å². The Morgan fingerprint density at radius 2 is 2.10 bits per heavy atom. The number of aromatic nitrogens is 5. The van der Waals surface area contributed by atoms with E-state index in [4.69, 9.17) is 4.74 Å². The number of hydrogen-bond donors (Lipinski definition) is 1. The van der Waals surface area contributed by atoms with Crippen molar-refractivity contribution in [1.82, 2.24) is 24.3 Å². The fraction of sp³-hybridized carbons (Fsp3) is 0.500. The number of fused-ring (bicyclic) bond motifs is 1. The summed E-state index contributed by atoms with van der Waals surface area (Å²) in [5, 5.41) is 8.61. The number of rotatable bonds is 9. The number of nitrogens with zero attached hydrogens (tertiary/aromatic N) is 5. The zero-order valence-corrected chi connectivity index (χ0v) is 18.5. The highest BCUT2D eigenvalue weighted by atomic mass is 32.2. The first-order valence-electron chi connectivity index (χ1n) is 9.46. The third-order valence-corrected chi connectivity index (χ3v) is 6.18. The Morgan fingerprint density at radius 3 is 2.79 bits per heavy atom. The smallest absolute Gasteiger partial charge is 0.350 e. The van der Waals surface area contributed by atoms with Gasteiger partial charge in [-0.15, -0.1) is 0 Å². The molecule has 29 heavy (non-hydrogen) atoms. The molecule has 0 spiro atoms. The summed E-state index contributed by atoms with van der Waals surface area (Å²) in [5.74, 6) is 0.0186. The van der Waals surface area contributed by atoms with Crippen LogP contribution in [0.25, 0.3) is 11.0 Å². The number of thioether (sulfide) groups is 1. The number of thiazole rings is 1. The summed E-state index contributed by atoms with van der Waals surface area (Å²) in [7, 11) is 1.73. The summed E-state index contributed by atoms with van der Waals surface area (Å²) in [6.07, 6.45) is 2.54. The fourth-order valence-electron chi connectivity index (χ4n) is 2.77. The highest BCUT2D eigenvalue weighted by Gasteiger charge is 2.21. The van der Waals surface area contributed by atoms with Crippen molar-refractivity contribution in [2.75, 3.05) is 18.5 Å². The van der Waals surface area contributed by atoms with Crippen LogP contribution in [-0.4, -0.2) is 43.4 Å². The van der Waals surface area contributed by atoms with Crippen molar-refractivity contribution >= 4 is 45.2 Å². The molecule has 0 fully saturated rings. The summed E-state index contributed by atoms with van der Waals surface area (Å²) < 4.78 is 8.33. The van der Waals surface area contributed by atoms with Crippen LogP contribution in [0.4, 0.5) is 5.13 Å². The monoisotopic (exact) mass is 436 g/mol. The van der Waals surface area contributed by atoms with Gasteiger partial charge in [-0.05, 0) is 20.3 Å². The third-order valence-electron chi connectivity index (χ3n) is 4.15. The van der Waals surface area contributed by atoms with Crippen molar-refractivity contribution in [2.45, 2.75) is 44.6 Å². The maximum absolute atomic E-state index is 12.8. The first-order chi connectivity index (χ1) is 14.0. The highest BCUT2D eigenvalue weighted by molar-refractivity contribution is 7.98. The first-order valence-corrected chi connectivity index (χ1v) is 11.3. The van der Waals surface area contributed by atoms with Gasteiger partial charge in [0.15, 0.2) is 15.8 Å². The Bertz CT molecular complexity index is 1070. The molecule has 0 atom stereocenters. The molecule has 0 radical (unpaired) electrons. The third kappa shape index (κ3) is 4.45. The topological polar surface area (TPSA) is 104 Å². The molecule has 3 aromatic heterocycles. The lowest BCUT2D eigenvalue weighted by atomic mass is 10.4. The maximum Gasteiger partial charge on any atom is 0.350 e. The molecule has 3 rings (SSSR count). The van der Waals surface area contributed by atoms with Gasteiger partial charge >= 0.3 is 5.97 Å². The standard InChI is InChI=1S/C18H24N6O3S2/c1-5-8-19-17-21-12(14(29-17)16(26)27-7-3)10-28-18-22-11-9-20-23(4)13(11)15(25)24(18)6-2/h9H,5-8,10H2,1-4H3,(H,19,21). The largest absolute Gasteiger partial charge is 0.462 e. The van der Waals surface area contributed by atoms with Gasteiger partial charge in [-0.3, -0.25) is 14.0 Å². The minimum absolute atomic E-state index is 0.130. The second-order valence-corrected chi connectivity index (χ2v) is 8.12. The number of esters is 1. The molecule has 11 heteroatoms. The number of carbonyl (C=O) groups excluding carboxylic acids is 1. The molecule has 0 saturated heterocycles. The summed E-state index contributed by atoms with van der Waals surface area (Å²) >= 11 is 2.66. The molecule has 156 valence electrons. The Labute approximate surface area is 176 Å². The van der Waals surface area contributed by atoms with E-state index in [1.807, 2.05) is 6.92 Å². The average molecular weight is 437 g/mol. The van der Waals surface area contributed by atoms with Gasteiger partial charge in [-0.25, -0.2) is 14.8 Å². The number of nitrogens with one attached hydrogen (secondary N) is 1. The number of carbonyl (C=O) groups is 1. The molecule has 9 nitrogen and oxygen atoms in total. The fourth-order valence-corrected chi connectivity index (χ4v) is 4.77. The van der Waals surface area contributed by atoms with E-state index >= 15 is 0 Å². The van der Waals surface area contributed by atoms with E-state index in [0.717, 1.165) is 13.0 Å². The molecular formula is C18H24N6O3S2. The highest BCUT2D eigenvalue weighted by Crippen LogP contribution is 2.29. The summed E-state index contributed by atoms with van der Waals surface area (Å²) in [6.45, 7) is 7.30. The molecule has 0 aliphatic rings. The van der Waals surface area contributed by atoms with E-state index in [2.05, 4.69) is 27.3 Å². The van der Waals surface area contributed by atoms with E-state index < -0.39 is 0 Å². The molecule has 0 amide bonds. The normalized spacial score (nSPS) is 11.2. The van der Waals surface area contributed by atoms with E-state index in [0.29, 0.717) is 50.8 Å². The van der Waals surface area contributed by atoms with E-state index in [9.17, 15) is 9.59 Å². The van der Waals surface area contributed by atoms with Gasteiger partial charge in [0.1, 0.15) is 10.4 Å². The molecule has 0 saturated carbocycles. The molecule has 0 aromatic carbocycles. The lowest BCUT2D eigenvalue weighted by Gasteiger charge is -2.09. The van der Waals surface area contributed by atoms with Crippen LogP contribution in [0.2, 0.25) is 0 Å².